The van der Waals surface area contributed by atoms with E-state index in [9.17, 15) is 9.59 Å². The molecule has 142 valence electrons. The van der Waals surface area contributed by atoms with E-state index in [4.69, 9.17) is 4.74 Å². The van der Waals surface area contributed by atoms with Crippen LogP contribution in [0.3, 0.4) is 0 Å². The Balaban J connectivity index is 1.59. The number of hydrogen-bond acceptors (Lipinski definition) is 4. The number of para-hydroxylation sites is 2. The Hall–Kier alpha value is -3.09. The van der Waals surface area contributed by atoms with Crippen LogP contribution in [-0.4, -0.2) is 41.5 Å². The molecule has 0 saturated carbocycles. The van der Waals surface area contributed by atoms with Crippen LogP contribution >= 0.6 is 0 Å². The number of carbonyl (C=O) groups excluding carboxylic acids is 2. The number of benzene rings is 1. The minimum atomic E-state index is -0.226. The third kappa shape index (κ3) is 4.97. The van der Waals surface area contributed by atoms with Crippen molar-refractivity contribution in [3.63, 3.8) is 0 Å². The molecule has 1 aromatic heterocycles. The van der Waals surface area contributed by atoms with Crippen molar-refractivity contribution in [2.75, 3.05) is 25.0 Å². The Morgan fingerprint density at radius 1 is 1.22 bits per heavy atom. The van der Waals surface area contributed by atoms with Crippen LogP contribution < -0.4 is 15.4 Å². The van der Waals surface area contributed by atoms with Gasteiger partial charge in [0.05, 0.1) is 17.3 Å². The van der Waals surface area contributed by atoms with Crippen molar-refractivity contribution < 1.29 is 14.3 Å². The van der Waals surface area contributed by atoms with Gasteiger partial charge in [0, 0.05) is 25.8 Å². The molecule has 2 heterocycles. The van der Waals surface area contributed by atoms with Crippen LogP contribution in [0.5, 0.6) is 5.75 Å². The van der Waals surface area contributed by atoms with Gasteiger partial charge in [-0.2, -0.15) is 0 Å². The Kier molecular flexibility index (Phi) is 6.25. The van der Waals surface area contributed by atoms with Crippen molar-refractivity contribution in [1.29, 1.82) is 0 Å². The highest BCUT2D eigenvalue weighted by Gasteiger charge is 2.31. The summed E-state index contributed by atoms with van der Waals surface area (Å²) in [6, 6.07) is 12.7. The molecule has 1 saturated heterocycles. The number of hydrogen-bond donors (Lipinski definition) is 2. The molecular weight excluding hydrogens is 344 g/mol. The summed E-state index contributed by atoms with van der Waals surface area (Å²) in [4.78, 5) is 30.4. The van der Waals surface area contributed by atoms with Gasteiger partial charge < -0.3 is 20.3 Å². The lowest BCUT2D eigenvalue weighted by molar-refractivity contribution is -0.124. The molecule has 7 nitrogen and oxygen atoms in total. The van der Waals surface area contributed by atoms with Crippen LogP contribution in [0.15, 0.2) is 48.7 Å². The fraction of sp³-hybridized carbons (Fsp3) is 0.350. The van der Waals surface area contributed by atoms with Crippen LogP contribution in [0.2, 0.25) is 0 Å². The van der Waals surface area contributed by atoms with Crippen molar-refractivity contribution in [3.8, 4) is 5.75 Å². The molecule has 3 rings (SSSR count). The molecule has 0 aliphatic carbocycles. The summed E-state index contributed by atoms with van der Waals surface area (Å²) in [6.45, 7) is 3.79. The van der Waals surface area contributed by atoms with Crippen LogP contribution in [0, 0.1) is 5.92 Å². The number of urea groups is 1. The van der Waals surface area contributed by atoms with Gasteiger partial charge in [-0.25, -0.2) is 4.79 Å². The van der Waals surface area contributed by atoms with Gasteiger partial charge in [-0.05, 0) is 37.6 Å². The molecule has 1 aromatic carbocycles. The number of aromatic nitrogens is 1. The molecule has 0 spiro atoms. The van der Waals surface area contributed by atoms with E-state index in [0.29, 0.717) is 44.1 Å². The van der Waals surface area contributed by atoms with Gasteiger partial charge in [0.1, 0.15) is 12.4 Å². The van der Waals surface area contributed by atoms with E-state index >= 15 is 0 Å². The van der Waals surface area contributed by atoms with Gasteiger partial charge in [-0.3, -0.25) is 9.78 Å². The number of carbonyl (C=O) groups is 2. The molecule has 0 unspecified atom stereocenters. The topological polar surface area (TPSA) is 83.6 Å². The maximum atomic E-state index is 12.6. The molecule has 7 heteroatoms. The van der Waals surface area contributed by atoms with Crippen molar-refractivity contribution in [3.05, 3.63) is 54.4 Å². The third-order valence-corrected chi connectivity index (χ3v) is 4.43. The first-order valence-corrected chi connectivity index (χ1v) is 9.12. The zero-order valence-corrected chi connectivity index (χ0v) is 15.4. The monoisotopic (exact) mass is 368 g/mol. The summed E-state index contributed by atoms with van der Waals surface area (Å²) in [5.41, 5.74) is 1.41. The lowest BCUT2D eigenvalue weighted by Gasteiger charge is -2.19. The summed E-state index contributed by atoms with van der Waals surface area (Å²) in [6.07, 6.45) is 2.39. The van der Waals surface area contributed by atoms with E-state index in [1.54, 1.807) is 23.2 Å². The second kappa shape index (κ2) is 9.02. The van der Waals surface area contributed by atoms with E-state index in [-0.39, 0.29) is 17.9 Å². The van der Waals surface area contributed by atoms with Gasteiger partial charge in [0.2, 0.25) is 5.91 Å². The molecule has 0 bridgehead atoms. The molecule has 2 aromatic rings. The number of rotatable bonds is 6. The largest absolute Gasteiger partial charge is 0.485 e. The lowest BCUT2D eigenvalue weighted by atomic mass is 10.1. The zero-order valence-electron chi connectivity index (χ0n) is 15.4. The first-order chi connectivity index (χ1) is 13.2. The number of ether oxygens (including phenoxy) is 1. The van der Waals surface area contributed by atoms with E-state index in [2.05, 4.69) is 15.6 Å². The second-order valence-electron chi connectivity index (χ2n) is 6.36. The van der Waals surface area contributed by atoms with Gasteiger partial charge in [0.25, 0.3) is 0 Å². The molecule has 2 N–H and O–H groups in total. The SMILES string of the molecule is CCNC(=O)[C@H]1CCN(C(=O)Nc2ccccc2OCc2ccccn2)C1. The highest BCUT2D eigenvalue weighted by atomic mass is 16.5. The lowest BCUT2D eigenvalue weighted by Crippen LogP contribution is -2.36. The third-order valence-electron chi connectivity index (χ3n) is 4.43. The number of nitrogens with zero attached hydrogens (tertiary/aromatic N) is 2. The number of nitrogens with one attached hydrogen (secondary N) is 2. The first kappa shape index (κ1) is 18.7. The smallest absolute Gasteiger partial charge is 0.321 e. The average molecular weight is 368 g/mol. The molecule has 0 radical (unpaired) electrons. The molecular formula is C20H24N4O3. The highest BCUT2D eigenvalue weighted by Crippen LogP contribution is 2.26. The van der Waals surface area contributed by atoms with Gasteiger partial charge >= 0.3 is 6.03 Å². The fourth-order valence-electron chi connectivity index (χ4n) is 3.00. The minimum Gasteiger partial charge on any atom is -0.485 e. The Morgan fingerprint density at radius 2 is 2.04 bits per heavy atom. The van der Waals surface area contributed by atoms with Crippen molar-refractivity contribution >= 4 is 17.6 Å². The molecule has 3 amide bonds. The fourth-order valence-corrected chi connectivity index (χ4v) is 3.00. The Morgan fingerprint density at radius 3 is 2.81 bits per heavy atom. The number of likely N-dealkylation sites (tertiary alicyclic amines) is 1. The standard InChI is InChI=1S/C20H24N4O3/c1-2-21-19(25)15-10-12-24(13-15)20(26)23-17-8-3-4-9-18(17)27-14-16-7-5-6-11-22-16/h3-9,11,15H,2,10,12-14H2,1H3,(H,21,25)(H,23,26)/t15-/m0/s1. The molecule has 1 aliphatic rings. The molecule has 1 aliphatic heterocycles. The van der Waals surface area contributed by atoms with E-state index < -0.39 is 0 Å². The Bertz CT molecular complexity index is 782. The van der Waals surface area contributed by atoms with Crippen LogP contribution in [0.25, 0.3) is 0 Å². The second-order valence-corrected chi connectivity index (χ2v) is 6.36. The molecule has 27 heavy (non-hydrogen) atoms. The number of pyridine rings is 1. The van der Waals surface area contributed by atoms with E-state index in [1.165, 1.54) is 0 Å². The van der Waals surface area contributed by atoms with Crippen LogP contribution in [-0.2, 0) is 11.4 Å². The first-order valence-electron chi connectivity index (χ1n) is 9.12. The van der Waals surface area contributed by atoms with Crippen molar-refractivity contribution in [2.24, 2.45) is 5.92 Å². The summed E-state index contributed by atoms with van der Waals surface area (Å²) < 4.78 is 5.82. The van der Waals surface area contributed by atoms with Crippen molar-refractivity contribution in [1.82, 2.24) is 15.2 Å². The number of anilines is 1. The normalized spacial score (nSPS) is 16.0. The Labute approximate surface area is 158 Å². The molecule has 1 fully saturated rings. The van der Waals surface area contributed by atoms with Gasteiger partial charge in [-0.15, -0.1) is 0 Å². The maximum absolute atomic E-state index is 12.6. The summed E-state index contributed by atoms with van der Waals surface area (Å²) in [7, 11) is 0. The van der Waals surface area contributed by atoms with Crippen molar-refractivity contribution in [2.45, 2.75) is 20.0 Å². The van der Waals surface area contributed by atoms with E-state index in [1.807, 2.05) is 37.3 Å². The number of amides is 3. The summed E-state index contributed by atoms with van der Waals surface area (Å²) in [5, 5.41) is 5.70. The minimum absolute atomic E-state index is 0.00638. The van der Waals surface area contributed by atoms with Gasteiger partial charge in [0.15, 0.2) is 0 Å². The van der Waals surface area contributed by atoms with Crippen LogP contribution in [0.4, 0.5) is 10.5 Å². The quantitative estimate of drug-likeness (QED) is 0.821. The zero-order chi connectivity index (χ0) is 19.1. The maximum Gasteiger partial charge on any atom is 0.321 e. The molecule has 1 atom stereocenters. The predicted molar refractivity (Wildman–Crippen MR) is 102 cm³/mol. The highest BCUT2D eigenvalue weighted by molar-refractivity contribution is 5.92. The average Bonchev–Trinajstić information content (AvgIpc) is 3.19. The predicted octanol–water partition coefficient (Wildman–Crippen LogP) is 2.65. The summed E-state index contributed by atoms with van der Waals surface area (Å²) >= 11 is 0. The van der Waals surface area contributed by atoms with Gasteiger partial charge in [-0.1, -0.05) is 18.2 Å². The van der Waals surface area contributed by atoms with E-state index in [0.717, 1.165) is 5.69 Å². The summed E-state index contributed by atoms with van der Waals surface area (Å²) in [5.74, 6) is 0.439. The van der Waals surface area contributed by atoms with Crippen LogP contribution in [0.1, 0.15) is 19.0 Å².